The van der Waals surface area contributed by atoms with Crippen molar-refractivity contribution in [3.8, 4) is 0 Å². The summed E-state index contributed by atoms with van der Waals surface area (Å²) in [5, 5.41) is 0. The van der Waals surface area contributed by atoms with E-state index in [1.54, 1.807) is 0 Å². The standard InChI is InChI=1S/C19H20O/c1-2-17(18-11-7-4-8-12-18)15-19(20)14-13-16-9-5-3-6-10-16/h2-12,17H,1,13-15H2/t17-/m1/s1. The molecule has 0 aliphatic carbocycles. The molecule has 1 heteroatoms. The number of ketones is 1. The molecule has 1 nitrogen and oxygen atoms in total. The summed E-state index contributed by atoms with van der Waals surface area (Å²) < 4.78 is 0. The van der Waals surface area contributed by atoms with E-state index in [0.29, 0.717) is 18.6 Å². The highest BCUT2D eigenvalue weighted by molar-refractivity contribution is 5.79. The second-order valence-corrected chi connectivity index (χ2v) is 4.98. The molecule has 0 spiro atoms. The van der Waals surface area contributed by atoms with Gasteiger partial charge >= 0.3 is 0 Å². The summed E-state index contributed by atoms with van der Waals surface area (Å²) in [5.74, 6) is 0.419. The van der Waals surface area contributed by atoms with Gasteiger partial charge in [0, 0.05) is 18.8 Å². The molecular formula is C19H20O. The lowest BCUT2D eigenvalue weighted by molar-refractivity contribution is -0.119. The van der Waals surface area contributed by atoms with Crippen LogP contribution in [0.3, 0.4) is 0 Å². The van der Waals surface area contributed by atoms with Crippen molar-refractivity contribution in [2.24, 2.45) is 0 Å². The Bertz CT molecular complexity index is 542. The van der Waals surface area contributed by atoms with Crippen molar-refractivity contribution in [3.05, 3.63) is 84.4 Å². The first-order chi connectivity index (χ1) is 9.79. The molecule has 0 radical (unpaired) electrons. The Labute approximate surface area is 121 Å². The van der Waals surface area contributed by atoms with Gasteiger partial charge < -0.3 is 0 Å². The normalized spacial score (nSPS) is 11.8. The van der Waals surface area contributed by atoms with Gasteiger partial charge in [-0.1, -0.05) is 66.7 Å². The first-order valence-electron chi connectivity index (χ1n) is 7.02. The third-order valence-electron chi connectivity index (χ3n) is 3.50. The molecule has 0 N–H and O–H groups in total. The Kier molecular flexibility index (Phi) is 5.31. The Morgan fingerprint density at radius 3 is 2.20 bits per heavy atom. The lowest BCUT2D eigenvalue weighted by atomic mass is 9.92. The number of rotatable bonds is 7. The van der Waals surface area contributed by atoms with Crippen LogP contribution in [0.5, 0.6) is 0 Å². The summed E-state index contributed by atoms with van der Waals surface area (Å²) in [6.45, 7) is 3.86. The van der Waals surface area contributed by atoms with Crippen molar-refractivity contribution in [2.45, 2.75) is 25.2 Å². The quantitative estimate of drug-likeness (QED) is 0.671. The summed E-state index contributed by atoms with van der Waals surface area (Å²) >= 11 is 0. The van der Waals surface area contributed by atoms with E-state index in [4.69, 9.17) is 0 Å². The average molecular weight is 264 g/mol. The molecule has 0 aliphatic rings. The Hall–Kier alpha value is -2.15. The van der Waals surface area contributed by atoms with Gasteiger partial charge in [-0.2, -0.15) is 0 Å². The third kappa shape index (κ3) is 4.20. The summed E-state index contributed by atoms with van der Waals surface area (Å²) in [6.07, 6.45) is 3.83. The Morgan fingerprint density at radius 2 is 1.60 bits per heavy atom. The van der Waals surface area contributed by atoms with Gasteiger partial charge in [0.15, 0.2) is 0 Å². The lowest BCUT2D eigenvalue weighted by Gasteiger charge is -2.12. The molecule has 2 aromatic carbocycles. The molecule has 0 bridgehead atoms. The van der Waals surface area contributed by atoms with E-state index in [1.165, 1.54) is 5.56 Å². The fourth-order valence-corrected chi connectivity index (χ4v) is 2.31. The van der Waals surface area contributed by atoms with Crippen LogP contribution in [-0.4, -0.2) is 5.78 Å². The van der Waals surface area contributed by atoms with Gasteiger partial charge in [-0.25, -0.2) is 0 Å². The van der Waals surface area contributed by atoms with Gasteiger partial charge in [0.05, 0.1) is 0 Å². The molecule has 0 aromatic heterocycles. The fraction of sp³-hybridized carbons (Fsp3) is 0.211. The van der Waals surface area contributed by atoms with E-state index in [1.807, 2.05) is 42.5 Å². The zero-order chi connectivity index (χ0) is 14.2. The second-order valence-electron chi connectivity index (χ2n) is 4.98. The molecule has 2 rings (SSSR count). The number of hydrogen-bond donors (Lipinski definition) is 0. The SMILES string of the molecule is C=C[C@H](CC(=O)CCc1ccccc1)c1ccccc1. The van der Waals surface area contributed by atoms with Crippen LogP contribution in [0.25, 0.3) is 0 Å². The summed E-state index contributed by atoms with van der Waals surface area (Å²) in [5.41, 5.74) is 2.38. The summed E-state index contributed by atoms with van der Waals surface area (Å²) in [6, 6.07) is 20.2. The number of hydrogen-bond acceptors (Lipinski definition) is 1. The van der Waals surface area contributed by atoms with Gasteiger partial charge in [0.2, 0.25) is 0 Å². The smallest absolute Gasteiger partial charge is 0.134 e. The summed E-state index contributed by atoms with van der Waals surface area (Å²) in [4.78, 5) is 12.1. The monoisotopic (exact) mass is 264 g/mol. The zero-order valence-electron chi connectivity index (χ0n) is 11.7. The average Bonchev–Trinajstić information content (AvgIpc) is 2.52. The first kappa shape index (κ1) is 14.3. The lowest BCUT2D eigenvalue weighted by Crippen LogP contribution is -2.06. The highest BCUT2D eigenvalue weighted by atomic mass is 16.1. The number of carbonyl (C=O) groups excluding carboxylic acids is 1. The van der Waals surface area contributed by atoms with E-state index in [-0.39, 0.29) is 5.92 Å². The highest BCUT2D eigenvalue weighted by Gasteiger charge is 2.12. The molecule has 0 heterocycles. The van der Waals surface area contributed by atoms with Crippen LogP contribution in [0.4, 0.5) is 0 Å². The van der Waals surface area contributed by atoms with E-state index in [2.05, 4.69) is 30.8 Å². The molecule has 0 saturated carbocycles. The van der Waals surface area contributed by atoms with Crippen LogP contribution in [0.1, 0.15) is 29.9 Å². The fourth-order valence-electron chi connectivity index (χ4n) is 2.31. The van der Waals surface area contributed by atoms with Crippen molar-refractivity contribution in [1.82, 2.24) is 0 Å². The molecule has 0 unspecified atom stereocenters. The van der Waals surface area contributed by atoms with Gasteiger partial charge in [0.25, 0.3) is 0 Å². The zero-order valence-corrected chi connectivity index (χ0v) is 11.7. The van der Waals surface area contributed by atoms with Crippen molar-refractivity contribution in [3.63, 3.8) is 0 Å². The largest absolute Gasteiger partial charge is 0.300 e. The Morgan fingerprint density at radius 1 is 1.00 bits per heavy atom. The van der Waals surface area contributed by atoms with Crippen molar-refractivity contribution in [1.29, 1.82) is 0 Å². The maximum absolute atomic E-state index is 12.1. The molecule has 0 amide bonds. The van der Waals surface area contributed by atoms with Gasteiger partial charge in [-0.3, -0.25) is 4.79 Å². The minimum Gasteiger partial charge on any atom is -0.300 e. The van der Waals surface area contributed by atoms with Crippen LogP contribution in [0.2, 0.25) is 0 Å². The number of allylic oxidation sites excluding steroid dienone is 1. The molecule has 2 aromatic rings. The second kappa shape index (κ2) is 7.44. The molecule has 0 aliphatic heterocycles. The molecule has 102 valence electrons. The van der Waals surface area contributed by atoms with Crippen molar-refractivity contribution < 1.29 is 4.79 Å². The summed E-state index contributed by atoms with van der Waals surface area (Å²) in [7, 11) is 0. The first-order valence-corrected chi connectivity index (χ1v) is 7.02. The predicted octanol–water partition coefficient (Wildman–Crippen LogP) is 4.55. The van der Waals surface area contributed by atoms with E-state index >= 15 is 0 Å². The van der Waals surface area contributed by atoms with E-state index in [9.17, 15) is 4.79 Å². The maximum atomic E-state index is 12.1. The van der Waals surface area contributed by atoms with Gasteiger partial charge in [-0.05, 0) is 17.5 Å². The highest BCUT2D eigenvalue weighted by Crippen LogP contribution is 2.21. The van der Waals surface area contributed by atoms with Gasteiger partial charge in [0.1, 0.15) is 5.78 Å². The van der Waals surface area contributed by atoms with Crippen LogP contribution in [0, 0.1) is 0 Å². The topological polar surface area (TPSA) is 17.1 Å². The molecule has 20 heavy (non-hydrogen) atoms. The van der Waals surface area contributed by atoms with Crippen LogP contribution in [0.15, 0.2) is 73.3 Å². The minimum atomic E-state index is 0.125. The van der Waals surface area contributed by atoms with Crippen molar-refractivity contribution >= 4 is 5.78 Å². The molecular weight excluding hydrogens is 244 g/mol. The van der Waals surface area contributed by atoms with Crippen LogP contribution in [-0.2, 0) is 11.2 Å². The number of benzene rings is 2. The predicted molar refractivity (Wildman–Crippen MR) is 83.8 cm³/mol. The van der Waals surface area contributed by atoms with E-state index < -0.39 is 0 Å². The van der Waals surface area contributed by atoms with Crippen LogP contribution >= 0.6 is 0 Å². The molecule has 0 saturated heterocycles. The van der Waals surface area contributed by atoms with Crippen LogP contribution < -0.4 is 0 Å². The molecule has 0 fully saturated rings. The van der Waals surface area contributed by atoms with Gasteiger partial charge in [-0.15, -0.1) is 6.58 Å². The molecule has 1 atom stereocenters. The maximum Gasteiger partial charge on any atom is 0.134 e. The minimum absolute atomic E-state index is 0.125. The van der Waals surface area contributed by atoms with Crippen molar-refractivity contribution in [2.75, 3.05) is 0 Å². The van der Waals surface area contributed by atoms with E-state index in [0.717, 1.165) is 12.0 Å². The third-order valence-corrected chi connectivity index (χ3v) is 3.50. The number of aryl methyl sites for hydroxylation is 1. The number of Topliss-reactive ketones (excluding diaryl/α,β-unsaturated/α-hetero) is 1. The number of carbonyl (C=O) groups is 1. The Balaban J connectivity index is 1.88.